The number of nitrogens with one attached hydrogen (secondary N) is 2. The van der Waals surface area contributed by atoms with Crippen LogP contribution in [-0.4, -0.2) is 28.6 Å². The van der Waals surface area contributed by atoms with E-state index in [9.17, 15) is 19.5 Å². The maximum atomic E-state index is 12.2. The average molecular weight is 305 g/mol. The Kier molecular flexibility index (Phi) is 4.65. The van der Waals surface area contributed by atoms with Crippen molar-refractivity contribution in [2.45, 2.75) is 37.8 Å². The van der Waals surface area contributed by atoms with Crippen molar-refractivity contribution in [3.8, 4) is 0 Å². The molecule has 0 bridgehead atoms. The fraction of sp³-hybridized carbons (Fsp3) is 0.400. The van der Waals surface area contributed by atoms with Gasteiger partial charge in [0, 0.05) is 12.1 Å². The van der Waals surface area contributed by atoms with Crippen molar-refractivity contribution >= 4 is 17.9 Å². The van der Waals surface area contributed by atoms with Gasteiger partial charge in [-0.25, -0.2) is 9.59 Å². The van der Waals surface area contributed by atoms with E-state index >= 15 is 0 Å². The number of nitrogens with two attached hydrogens (primary N) is 1. The summed E-state index contributed by atoms with van der Waals surface area (Å²) < 4.78 is 0. The van der Waals surface area contributed by atoms with E-state index in [0.717, 1.165) is 18.4 Å². The van der Waals surface area contributed by atoms with Gasteiger partial charge in [0.05, 0.1) is 0 Å². The van der Waals surface area contributed by atoms with Crippen LogP contribution >= 0.6 is 0 Å². The lowest BCUT2D eigenvalue weighted by molar-refractivity contribution is -0.144. The van der Waals surface area contributed by atoms with Crippen LogP contribution in [0, 0.1) is 0 Å². The fourth-order valence-electron chi connectivity index (χ4n) is 2.62. The number of rotatable bonds is 5. The van der Waals surface area contributed by atoms with Gasteiger partial charge in [-0.1, -0.05) is 25.0 Å². The summed E-state index contributed by atoms with van der Waals surface area (Å²) in [5, 5.41) is 14.5. The maximum Gasteiger partial charge on any atom is 0.329 e. The van der Waals surface area contributed by atoms with Gasteiger partial charge in [-0.15, -0.1) is 0 Å². The number of benzene rings is 1. The zero-order valence-electron chi connectivity index (χ0n) is 12.1. The summed E-state index contributed by atoms with van der Waals surface area (Å²) in [6.45, 7) is 0.274. The molecule has 3 amide bonds. The van der Waals surface area contributed by atoms with Crippen molar-refractivity contribution in [3.05, 3.63) is 35.4 Å². The highest BCUT2D eigenvalue weighted by Gasteiger charge is 2.42. The van der Waals surface area contributed by atoms with Gasteiger partial charge in [-0.2, -0.15) is 0 Å². The number of carboxylic acids is 1. The van der Waals surface area contributed by atoms with Crippen molar-refractivity contribution in [2.24, 2.45) is 5.73 Å². The molecule has 1 saturated carbocycles. The lowest BCUT2D eigenvalue weighted by Gasteiger charge is -2.25. The van der Waals surface area contributed by atoms with E-state index in [-0.39, 0.29) is 6.54 Å². The van der Waals surface area contributed by atoms with Crippen LogP contribution < -0.4 is 16.4 Å². The van der Waals surface area contributed by atoms with E-state index in [4.69, 9.17) is 5.73 Å². The van der Waals surface area contributed by atoms with Gasteiger partial charge in [-0.05, 0) is 30.5 Å². The Balaban J connectivity index is 2.03. The smallest absolute Gasteiger partial charge is 0.329 e. The van der Waals surface area contributed by atoms with E-state index in [2.05, 4.69) is 10.6 Å². The van der Waals surface area contributed by atoms with Crippen molar-refractivity contribution in [3.63, 3.8) is 0 Å². The quantitative estimate of drug-likeness (QED) is 0.647. The summed E-state index contributed by atoms with van der Waals surface area (Å²) in [4.78, 5) is 34.3. The number of carboxylic acid groups (broad SMARTS) is 1. The van der Waals surface area contributed by atoms with Crippen LogP contribution in [0.2, 0.25) is 0 Å². The molecule has 0 saturated heterocycles. The van der Waals surface area contributed by atoms with Gasteiger partial charge in [0.1, 0.15) is 5.54 Å². The molecule has 7 heteroatoms. The molecule has 0 spiro atoms. The third-order valence-electron chi connectivity index (χ3n) is 3.90. The van der Waals surface area contributed by atoms with Gasteiger partial charge >= 0.3 is 12.0 Å². The zero-order valence-corrected chi connectivity index (χ0v) is 12.1. The highest BCUT2D eigenvalue weighted by atomic mass is 16.4. The second-order valence-electron chi connectivity index (χ2n) is 5.46. The summed E-state index contributed by atoms with van der Waals surface area (Å²) >= 11 is 0. The molecule has 1 aromatic rings. The van der Waals surface area contributed by atoms with Crippen molar-refractivity contribution < 1.29 is 19.5 Å². The fourth-order valence-corrected chi connectivity index (χ4v) is 2.62. The van der Waals surface area contributed by atoms with Gasteiger partial charge in [0.2, 0.25) is 0 Å². The Labute approximate surface area is 127 Å². The Hall–Kier alpha value is -2.57. The van der Waals surface area contributed by atoms with Crippen LogP contribution in [0.3, 0.4) is 0 Å². The molecule has 0 unspecified atom stereocenters. The lowest BCUT2D eigenvalue weighted by atomic mass is 9.97. The largest absolute Gasteiger partial charge is 0.480 e. The second-order valence-corrected chi connectivity index (χ2v) is 5.46. The number of hydrogen-bond acceptors (Lipinski definition) is 3. The summed E-state index contributed by atoms with van der Waals surface area (Å²) in [6, 6.07) is 5.95. The van der Waals surface area contributed by atoms with Crippen LogP contribution in [0.15, 0.2) is 24.3 Å². The third-order valence-corrected chi connectivity index (χ3v) is 3.90. The number of carbonyl (C=O) groups is 3. The standard InChI is InChI=1S/C15H19N3O4/c16-14(22)17-9-10-3-5-11(6-4-10)12(19)18-15(13(20)21)7-1-2-8-15/h3-6H,1-2,7-9H2,(H,18,19)(H,20,21)(H3,16,17,22). The van der Waals surface area contributed by atoms with Crippen LogP contribution in [0.25, 0.3) is 0 Å². The first-order valence-electron chi connectivity index (χ1n) is 7.11. The maximum absolute atomic E-state index is 12.2. The van der Waals surface area contributed by atoms with Gasteiger partial charge in [0.25, 0.3) is 5.91 Å². The zero-order chi connectivity index (χ0) is 16.2. The molecule has 0 aliphatic heterocycles. The Morgan fingerprint density at radius 1 is 1.14 bits per heavy atom. The topological polar surface area (TPSA) is 122 Å². The van der Waals surface area contributed by atoms with Crippen molar-refractivity contribution in [1.82, 2.24) is 10.6 Å². The van der Waals surface area contributed by atoms with Crippen LogP contribution in [0.1, 0.15) is 41.6 Å². The van der Waals surface area contributed by atoms with Gasteiger partial charge < -0.3 is 21.5 Å². The molecule has 2 rings (SSSR count). The monoisotopic (exact) mass is 305 g/mol. The molecular weight excluding hydrogens is 286 g/mol. The molecule has 5 N–H and O–H groups in total. The number of urea groups is 1. The van der Waals surface area contributed by atoms with E-state index in [1.54, 1.807) is 24.3 Å². The Morgan fingerprint density at radius 3 is 2.23 bits per heavy atom. The third kappa shape index (κ3) is 3.55. The van der Waals surface area contributed by atoms with Crippen LogP contribution in [0.5, 0.6) is 0 Å². The number of aliphatic carboxylic acids is 1. The van der Waals surface area contributed by atoms with Crippen LogP contribution in [0.4, 0.5) is 4.79 Å². The van der Waals surface area contributed by atoms with E-state index in [1.165, 1.54) is 0 Å². The average Bonchev–Trinajstić information content (AvgIpc) is 2.95. The van der Waals surface area contributed by atoms with Gasteiger partial charge in [-0.3, -0.25) is 4.79 Å². The summed E-state index contributed by atoms with van der Waals surface area (Å²) in [7, 11) is 0. The molecule has 118 valence electrons. The SMILES string of the molecule is NC(=O)NCc1ccc(C(=O)NC2(C(=O)O)CCCC2)cc1. The molecule has 1 aliphatic rings. The number of carbonyl (C=O) groups excluding carboxylic acids is 2. The predicted octanol–water partition coefficient (Wildman–Crippen LogP) is 0.982. The molecule has 22 heavy (non-hydrogen) atoms. The molecule has 0 aromatic heterocycles. The summed E-state index contributed by atoms with van der Waals surface area (Å²) in [5.74, 6) is -1.39. The van der Waals surface area contributed by atoms with E-state index in [0.29, 0.717) is 18.4 Å². The first kappa shape index (κ1) is 15.8. The summed E-state index contributed by atoms with van der Waals surface area (Å²) in [6.07, 6.45) is 2.50. The van der Waals surface area contributed by atoms with Crippen LogP contribution in [-0.2, 0) is 11.3 Å². The lowest BCUT2D eigenvalue weighted by Crippen LogP contribution is -2.52. The highest BCUT2D eigenvalue weighted by Crippen LogP contribution is 2.30. The van der Waals surface area contributed by atoms with E-state index < -0.39 is 23.4 Å². The molecule has 0 atom stereocenters. The Morgan fingerprint density at radius 2 is 1.73 bits per heavy atom. The van der Waals surface area contributed by atoms with Gasteiger partial charge in [0.15, 0.2) is 0 Å². The number of primary amides is 1. The molecule has 1 aliphatic carbocycles. The minimum atomic E-state index is -1.15. The van der Waals surface area contributed by atoms with Crippen molar-refractivity contribution in [2.75, 3.05) is 0 Å². The normalized spacial score (nSPS) is 16.0. The minimum absolute atomic E-state index is 0.274. The van der Waals surface area contributed by atoms with E-state index in [1.807, 2.05) is 0 Å². The Bertz CT molecular complexity index is 577. The molecule has 1 aromatic carbocycles. The molecular formula is C15H19N3O4. The first-order chi connectivity index (χ1) is 10.4. The molecule has 0 radical (unpaired) electrons. The second kappa shape index (κ2) is 6.46. The van der Waals surface area contributed by atoms with Crippen molar-refractivity contribution in [1.29, 1.82) is 0 Å². The molecule has 7 nitrogen and oxygen atoms in total. The number of amides is 3. The predicted molar refractivity (Wildman–Crippen MR) is 79.2 cm³/mol. The molecule has 0 heterocycles. The summed E-state index contributed by atoms with van der Waals surface area (Å²) in [5.41, 5.74) is 5.01. The number of hydrogen-bond donors (Lipinski definition) is 4. The highest BCUT2D eigenvalue weighted by molar-refractivity contribution is 5.98. The first-order valence-corrected chi connectivity index (χ1v) is 7.11. The molecule has 1 fully saturated rings. The minimum Gasteiger partial charge on any atom is -0.480 e.